The molecule has 1 saturated carbocycles. The van der Waals surface area contributed by atoms with E-state index in [0.717, 1.165) is 17.0 Å². The second-order valence-electron chi connectivity index (χ2n) is 10.3. The molecule has 30 heavy (non-hydrogen) atoms. The van der Waals surface area contributed by atoms with Crippen molar-refractivity contribution >= 4 is 11.4 Å². The zero-order chi connectivity index (χ0) is 21.6. The second-order valence-corrected chi connectivity index (χ2v) is 10.3. The summed E-state index contributed by atoms with van der Waals surface area (Å²) in [5.41, 5.74) is 6.27. The number of fused-ring (bicyclic) bond motifs is 2. The van der Waals surface area contributed by atoms with Crippen molar-refractivity contribution in [2.75, 3.05) is 23.9 Å². The van der Waals surface area contributed by atoms with Gasteiger partial charge in [0.2, 0.25) is 0 Å². The topological polar surface area (TPSA) is 46.9 Å². The van der Waals surface area contributed by atoms with Gasteiger partial charge in [-0.25, -0.2) is 0 Å². The van der Waals surface area contributed by atoms with Crippen LogP contribution in [0, 0.1) is 5.92 Å². The molecular weight excluding hydrogens is 372 g/mol. The molecule has 0 spiro atoms. The van der Waals surface area contributed by atoms with Gasteiger partial charge in [-0.3, -0.25) is 0 Å². The van der Waals surface area contributed by atoms with E-state index in [9.17, 15) is 10.2 Å². The minimum absolute atomic E-state index is 0.0291. The lowest BCUT2D eigenvalue weighted by Gasteiger charge is -2.52. The molecule has 3 aliphatic rings. The van der Waals surface area contributed by atoms with E-state index in [1.807, 2.05) is 13.1 Å². The maximum absolute atomic E-state index is 11.4. The highest BCUT2D eigenvalue weighted by molar-refractivity contribution is 5.72. The fraction of sp³-hybridized carbons (Fsp3) is 0.462. The fourth-order valence-corrected chi connectivity index (χ4v) is 6.64. The quantitative estimate of drug-likeness (QED) is 0.759. The van der Waals surface area contributed by atoms with Gasteiger partial charge >= 0.3 is 0 Å². The number of likely N-dealkylation sites (N-methyl/N-ethyl adjacent to an activating group) is 2. The average molecular weight is 405 g/mol. The number of benzene rings is 2. The van der Waals surface area contributed by atoms with E-state index in [1.165, 1.54) is 16.8 Å². The lowest BCUT2D eigenvalue weighted by atomic mass is 9.61. The van der Waals surface area contributed by atoms with Gasteiger partial charge in [-0.2, -0.15) is 0 Å². The molecule has 2 aromatic rings. The highest BCUT2D eigenvalue weighted by Crippen LogP contribution is 2.56. The molecule has 3 unspecified atom stereocenters. The second kappa shape index (κ2) is 6.12. The third-order valence-corrected chi connectivity index (χ3v) is 8.01. The minimum Gasteiger partial charge on any atom is -0.388 e. The molecular formula is C26H32N2O2. The first-order valence-electron chi connectivity index (χ1n) is 10.9. The van der Waals surface area contributed by atoms with Gasteiger partial charge in [-0.15, -0.1) is 0 Å². The van der Waals surface area contributed by atoms with Crippen molar-refractivity contribution in [3.63, 3.8) is 0 Å². The van der Waals surface area contributed by atoms with Crippen molar-refractivity contribution in [2.45, 2.75) is 56.8 Å². The van der Waals surface area contributed by atoms with Crippen LogP contribution in [-0.2, 0) is 10.8 Å². The first-order valence-corrected chi connectivity index (χ1v) is 10.9. The molecule has 2 heterocycles. The number of rotatable bonds is 1. The summed E-state index contributed by atoms with van der Waals surface area (Å²) < 4.78 is 0. The molecule has 0 saturated heterocycles. The Balaban J connectivity index is 1.56. The van der Waals surface area contributed by atoms with E-state index in [1.54, 1.807) is 0 Å². The van der Waals surface area contributed by atoms with Gasteiger partial charge in [-0.05, 0) is 23.3 Å². The number of aliphatic hydroxyl groups excluding tert-OH is 2. The van der Waals surface area contributed by atoms with Crippen LogP contribution >= 0.6 is 0 Å². The molecule has 3 atom stereocenters. The number of aliphatic hydroxyl groups is 2. The number of para-hydroxylation sites is 2. The van der Waals surface area contributed by atoms with Crippen LogP contribution in [0.3, 0.4) is 0 Å². The van der Waals surface area contributed by atoms with E-state index >= 15 is 0 Å². The van der Waals surface area contributed by atoms with Gasteiger partial charge in [0.05, 0.1) is 12.2 Å². The Morgan fingerprint density at radius 2 is 1.30 bits per heavy atom. The van der Waals surface area contributed by atoms with Crippen LogP contribution in [0.15, 0.2) is 59.8 Å². The summed E-state index contributed by atoms with van der Waals surface area (Å²) in [6.45, 7) is 8.83. The first-order chi connectivity index (χ1) is 14.1. The van der Waals surface area contributed by atoms with Crippen molar-refractivity contribution in [3.8, 4) is 0 Å². The van der Waals surface area contributed by atoms with Crippen molar-refractivity contribution in [3.05, 3.63) is 70.9 Å². The molecule has 4 heteroatoms. The highest BCUT2D eigenvalue weighted by atomic mass is 16.3. The summed E-state index contributed by atoms with van der Waals surface area (Å²) in [5.74, 6) is -0.229. The molecule has 158 valence electrons. The van der Waals surface area contributed by atoms with Gasteiger partial charge < -0.3 is 20.0 Å². The Labute approximate surface area is 179 Å². The summed E-state index contributed by atoms with van der Waals surface area (Å²) in [6, 6.07) is 16.8. The highest BCUT2D eigenvalue weighted by Gasteiger charge is 2.59. The summed E-state index contributed by atoms with van der Waals surface area (Å²) in [7, 11) is 4.13. The van der Waals surface area contributed by atoms with Gasteiger partial charge in [0.1, 0.15) is 0 Å². The zero-order valence-corrected chi connectivity index (χ0v) is 18.7. The smallest absolute Gasteiger partial charge is 0.0871 e. The molecule has 0 aromatic heterocycles. The molecule has 0 radical (unpaired) electrons. The van der Waals surface area contributed by atoms with E-state index in [4.69, 9.17) is 0 Å². The van der Waals surface area contributed by atoms with E-state index in [0.29, 0.717) is 0 Å². The monoisotopic (exact) mass is 404 g/mol. The number of anilines is 2. The molecule has 5 rings (SSSR count). The average Bonchev–Trinajstić information content (AvgIpc) is 3.04. The molecule has 1 fully saturated rings. The lowest BCUT2D eigenvalue weighted by Crippen LogP contribution is -2.62. The van der Waals surface area contributed by atoms with Crippen molar-refractivity contribution in [1.29, 1.82) is 0 Å². The fourth-order valence-electron chi connectivity index (χ4n) is 6.64. The maximum Gasteiger partial charge on any atom is 0.0871 e. The third-order valence-electron chi connectivity index (χ3n) is 8.01. The Morgan fingerprint density at radius 3 is 1.87 bits per heavy atom. The molecule has 0 amide bonds. The maximum atomic E-state index is 11.4. The number of hydrogen-bond donors (Lipinski definition) is 2. The number of hydrogen-bond acceptors (Lipinski definition) is 4. The van der Waals surface area contributed by atoms with Crippen LogP contribution in [-0.4, -0.2) is 42.6 Å². The predicted octanol–water partition coefficient (Wildman–Crippen LogP) is 3.82. The van der Waals surface area contributed by atoms with Crippen LogP contribution < -0.4 is 9.80 Å². The Hall–Kier alpha value is -2.30. The van der Waals surface area contributed by atoms with Gasteiger partial charge in [-0.1, -0.05) is 64.1 Å². The standard InChI is InChI=1S/C26H32N2O2/c1-25(2)15-11-7-9-13-17(15)27(5)23(25)19-21(29)20(22(19)30)24-26(3,4)16-12-8-10-14-18(16)28(24)6/h7-14,19,21-23,29-30H,1-6H3. The molecule has 2 aliphatic heterocycles. The van der Waals surface area contributed by atoms with Crippen LogP contribution in [0.4, 0.5) is 11.4 Å². The van der Waals surface area contributed by atoms with Crippen LogP contribution in [0.25, 0.3) is 0 Å². The summed E-state index contributed by atoms with van der Waals surface area (Å²) in [4.78, 5) is 4.41. The summed E-state index contributed by atoms with van der Waals surface area (Å²) in [6.07, 6.45) is -1.32. The summed E-state index contributed by atoms with van der Waals surface area (Å²) >= 11 is 0. The van der Waals surface area contributed by atoms with Gasteiger partial charge in [0, 0.05) is 59.5 Å². The van der Waals surface area contributed by atoms with Crippen molar-refractivity contribution in [1.82, 2.24) is 0 Å². The predicted molar refractivity (Wildman–Crippen MR) is 122 cm³/mol. The number of nitrogens with zero attached hydrogens (tertiary/aromatic N) is 2. The first kappa shape index (κ1) is 19.7. The lowest BCUT2D eigenvalue weighted by molar-refractivity contribution is -0.0517. The Kier molecular flexibility index (Phi) is 4.01. The molecule has 2 N–H and O–H groups in total. The SMILES string of the molecule is CN1C(=C2C(O)C(C3N(C)c4ccccc4C3(C)C)C2O)C(C)(C)c2ccccc21. The van der Waals surface area contributed by atoms with E-state index < -0.39 is 12.2 Å². The van der Waals surface area contributed by atoms with Crippen LogP contribution in [0.1, 0.15) is 38.8 Å². The normalized spacial score (nSPS) is 30.9. The van der Waals surface area contributed by atoms with Gasteiger partial charge in [0.25, 0.3) is 0 Å². The van der Waals surface area contributed by atoms with E-state index in [-0.39, 0.29) is 22.8 Å². The molecule has 2 aromatic carbocycles. The summed E-state index contributed by atoms with van der Waals surface area (Å²) in [5, 5.41) is 22.9. The van der Waals surface area contributed by atoms with Crippen molar-refractivity contribution in [2.24, 2.45) is 5.92 Å². The van der Waals surface area contributed by atoms with Crippen LogP contribution in [0.5, 0.6) is 0 Å². The van der Waals surface area contributed by atoms with Gasteiger partial charge in [0.15, 0.2) is 0 Å². The van der Waals surface area contributed by atoms with Crippen molar-refractivity contribution < 1.29 is 10.2 Å². The van der Waals surface area contributed by atoms with E-state index in [2.05, 4.69) is 87.0 Å². The largest absolute Gasteiger partial charge is 0.388 e. The Bertz CT molecular complexity index is 1040. The third kappa shape index (κ3) is 2.24. The van der Waals surface area contributed by atoms with Crippen LogP contribution in [0.2, 0.25) is 0 Å². The minimum atomic E-state index is -0.660. The zero-order valence-electron chi connectivity index (χ0n) is 18.7. The Morgan fingerprint density at radius 1 is 0.767 bits per heavy atom. The number of allylic oxidation sites excluding steroid dienone is 1. The molecule has 0 bridgehead atoms. The molecule has 4 nitrogen and oxygen atoms in total. The molecule has 1 aliphatic carbocycles.